The van der Waals surface area contributed by atoms with Gasteiger partial charge in [-0.05, 0) is 30.4 Å². The highest BCUT2D eigenvalue weighted by Gasteiger charge is 2.23. The van der Waals surface area contributed by atoms with E-state index in [2.05, 4.69) is 24.1 Å². The standard InChI is InChI=1S/C17H24N2O3/c1-12-7-13(2)10-19(9-12)11-17(20)18-14-3-4-15-16(8-14)22-6-5-21-15/h3-4,8,12-13H,5-7,9-11H2,1-2H3,(H,18,20)/t12-,13+. The molecule has 1 aromatic rings. The number of rotatable bonds is 3. The van der Waals surface area contributed by atoms with Gasteiger partial charge in [0.2, 0.25) is 5.91 Å². The van der Waals surface area contributed by atoms with Crippen molar-refractivity contribution >= 4 is 11.6 Å². The summed E-state index contributed by atoms with van der Waals surface area (Å²) >= 11 is 0. The van der Waals surface area contributed by atoms with Gasteiger partial charge >= 0.3 is 0 Å². The van der Waals surface area contributed by atoms with Gasteiger partial charge in [-0.25, -0.2) is 0 Å². The minimum atomic E-state index is 0.0259. The number of nitrogens with one attached hydrogen (secondary N) is 1. The van der Waals surface area contributed by atoms with Gasteiger partial charge in [0.05, 0.1) is 6.54 Å². The first-order chi connectivity index (χ1) is 10.6. The van der Waals surface area contributed by atoms with Crippen LogP contribution in [0.25, 0.3) is 0 Å². The monoisotopic (exact) mass is 304 g/mol. The van der Waals surface area contributed by atoms with Crippen molar-refractivity contribution < 1.29 is 14.3 Å². The van der Waals surface area contributed by atoms with E-state index < -0.39 is 0 Å². The molecule has 5 heteroatoms. The molecule has 3 rings (SSSR count). The number of hydrogen-bond acceptors (Lipinski definition) is 4. The van der Waals surface area contributed by atoms with E-state index in [1.807, 2.05) is 18.2 Å². The van der Waals surface area contributed by atoms with E-state index >= 15 is 0 Å². The number of anilines is 1. The number of likely N-dealkylation sites (tertiary alicyclic amines) is 1. The molecule has 22 heavy (non-hydrogen) atoms. The first-order valence-electron chi connectivity index (χ1n) is 8.02. The van der Waals surface area contributed by atoms with Crippen molar-refractivity contribution in [1.29, 1.82) is 0 Å². The average Bonchev–Trinajstić information content (AvgIpc) is 2.45. The smallest absolute Gasteiger partial charge is 0.238 e. The van der Waals surface area contributed by atoms with Crippen LogP contribution in [0.1, 0.15) is 20.3 Å². The van der Waals surface area contributed by atoms with E-state index in [1.54, 1.807) is 0 Å². The van der Waals surface area contributed by atoms with E-state index in [9.17, 15) is 4.79 Å². The molecule has 5 nitrogen and oxygen atoms in total. The van der Waals surface area contributed by atoms with Gasteiger partial charge in [-0.2, -0.15) is 0 Å². The van der Waals surface area contributed by atoms with E-state index in [1.165, 1.54) is 6.42 Å². The fourth-order valence-corrected chi connectivity index (χ4v) is 3.45. The Labute approximate surface area is 131 Å². The Kier molecular flexibility index (Phi) is 4.52. The Morgan fingerprint density at radius 2 is 1.86 bits per heavy atom. The summed E-state index contributed by atoms with van der Waals surface area (Å²) < 4.78 is 11.0. The van der Waals surface area contributed by atoms with Crippen LogP contribution >= 0.6 is 0 Å². The van der Waals surface area contributed by atoms with Crippen molar-refractivity contribution in [3.8, 4) is 11.5 Å². The van der Waals surface area contributed by atoms with Crippen LogP contribution in [0.3, 0.4) is 0 Å². The lowest BCUT2D eigenvalue weighted by molar-refractivity contribution is -0.117. The largest absolute Gasteiger partial charge is 0.486 e. The Hall–Kier alpha value is -1.75. The summed E-state index contributed by atoms with van der Waals surface area (Å²) in [6, 6.07) is 5.52. The molecule has 1 aromatic carbocycles. The highest BCUT2D eigenvalue weighted by Crippen LogP contribution is 2.32. The topological polar surface area (TPSA) is 50.8 Å². The molecule has 1 amide bonds. The molecule has 1 saturated heterocycles. The third-order valence-electron chi connectivity index (χ3n) is 4.14. The average molecular weight is 304 g/mol. The molecule has 0 saturated carbocycles. The van der Waals surface area contributed by atoms with Gasteiger partial charge < -0.3 is 14.8 Å². The number of nitrogens with zero attached hydrogens (tertiary/aromatic N) is 1. The Morgan fingerprint density at radius 3 is 2.59 bits per heavy atom. The summed E-state index contributed by atoms with van der Waals surface area (Å²) in [5.41, 5.74) is 0.757. The molecule has 0 aliphatic carbocycles. The molecular weight excluding hydrogens is 280 g/mol. The van der Waals surface area contributed by atoms with Crippen LogP contribution in [0.4, 0.5) is 5.69 Å². The molecule has 0 radical (unpaired) electrons. The normalized spacial score (nSPS) is 24.8. The SMILES string of the molecule is C[C@@H]1C[C@H](C)CN(CC(=O)Nc2ccc3c(c2)OCCO3)C1. The fraction of sp³-hybridized carbons (Fsp3) is 0.588. The minimum absolute atomic E-state index is 0.0259. The number of benzene rings is 1. The van der Waals surface area contributed by atoms with Crippen LogP contribution in [-0.2, 0) is 4.79 Å². The quantitative estimate of drug-likeness (QED) is 0.931. The highest BCUT2D eigenvalue weighted by molar-refractivity contribution is 5.92. The summed E-state index contributed by atoms with van der Waals surface area (Å²) in [7, 11) is 0. The zero-order valence-corrected chi connectivity index (χ0v) is 13.3. The maximum absolute atomic E-state index is 12.2. The van der Waals surface area contributed by atoms with Crippen molar-refractivity contribution in [1.82, 2.24) is 4.90 Å². The van der Waals surface area contributed by atoms with E-state index in [4.69, 9.17) is 9.47 Å². The summed E-state index contributed by atoms with van der Waals surface area (Å²) in [4.78, 5) is 14.5. The van der Waals surface area contributed by atoms with Gasteiger partial charge in [-0.15, -0.1) is 0 Å². The summed E-state index contributed by atoms with van der Waals surface area (Å²) in [5.74, 6) is 2.78. The van der Waals surface area contributed by atoms with Crippen LogP contribution in [0.15, 0.2) is 18.2 Å². The second-order valence-corrected chi connectivity index (χ2v) is 6.55. The third kappa shape index (κ3) is 3.71. The molecule has 0 unspecified atom stereocenters. The molecule has 2 aliphatic heterocycles. The number of carbonyl (C=O) groups excluding carboxylic acids is 1. The van der Waals surface area contributed by atoms with Crippen LogP contribution in [0.2, 0.25) is 0 Å². The van der Waals surface area contributed by atoms with Crippen molar-refractivity contribution in [3.63, 3.8) is 0 Å². The van der Waals surface area contributed by atoms with Gasteiger partial charge in [-0.3, -0.25) is 9.69 Å². The van der Waals surface area contributed by atoms with Crippen LogP contribution in [0.5, 0.6) is 11.5 Å². The zero-order valence-electron chi connectivity index (χ0n) is 13.3. The van der Waals surface area contributed by atoms with Gasteiger partial charge in [0.25, 0.3) is 0 Å². The van der Waals surface area contributed by atoms with Gasteiger partial charge in [0.15, 0.2) is 11.5 Å². The Morgan fingerprint density at radius 1 is 1.18 bits per heavy atom. The molecular formula is C17H24N2O3. The number of piperidine rings is 1. The van der Waals surface area contributed by atoms with E-state index in [-0.39, 0.29) is 5.91 Å². The first kappa shape index (κ1) is 15.2. The molecule has 1 N–H and O–H groups in total. The number of amides is 1. The predicted octanol–water partition coefficient (Wildman–Crippen LogP) is 2.37. The summed E-state index contributed by atoms with van der Waals surface area (Å²) in [5, 5.41) is 2.95. The number of carbonyl (C=O) groups is 1. The molecule has 0 spiro atoms. The van der Waals surface area contributed by atoms with Crippen LogP contribution in [-0.4, -0.2) is 43.7 Å². The maximum Gasteiger partial charge on any atom is 0.238 e. The van der Waals surface area contributed by atoms with Crippen molar-refractivity contribution in [3.05, 3.63) is 18.2 Å². The highest BCUT2D eigenvalue weighted by atomic mass is 16.6. The van der Waals surface area contributed by atoms with Crippen molar-refractivity contribution in [2.75, 3.05) is 38.2 Å². The lowest BCUT2D eigenvalue weighted by Gasteiger charge is -2.34. The number of fused-ring (bicyclic) bond motifs is 1. The lowest BCUT2D eigenvalue weighted by atomic mass is 9.92. The Balaban J connectivity index is 1.57. The first-order valence-corrected chi connectivity index (χ1v) is 8.02. The predicted molar refractivity (Wildman–Crippen MR) is 85.4 cm³/mol. The van der Waals surface area contributed by atoms with Crippen molar-refractivity contribution in [2.24, 2.45) is 11.8 Å². The minimum Gasteiger partial charge on any atom is -0.486 e. The molecule has 2 aliphatic rings. The molecule has 120 valence electrons. The van der Waals surface area contributed by atoms with Crippen LogP contribution in [0, 0.1) is 11.8 Å². The molecule has 2 atom stereocenters. The van der Waals surface area contributed by atoms with E-state index in [0.29, 0.717) is 37.3 Å². The number of hydrogen-bond donors (Lipinski definition) is 1. The van der Waals surface area contributed by atoms with Crippen LogP contribution < -0.4 is 14.8 Å². The van der Waals surface area contributed by atoms with E-state index in [0.717, 1.165) is 24.5 Å². The molecule has 1 fully saturated rings. The van der Waals surface area contributed by atoms with Gasteiger partial charge in [-0.1, -0.05) is 13.8 Å². The molecule has 2 heterocycles. The summed E-state index contributed by atoms with van der Waals surface area (Å²) in [6.07, 6.45) is 1.25. The second kappa shape index (κ2) is 6.57. The van der Waals surface area contributed by atoms with Crippen molar-refractivity contribution in [2.45, 2.75) is 20.3 Å². The second-order valence-electron chi connectivity index (χ2n) is 6.55. The fourth-order valence-electron chi connectivity index (χ4n) is 3.45. The lowest BCUT2D eigenvalue weighted by Crippen LogP contribution is -2.42. The molecule has 0 aromatic heterocycles. The van der Waals surface area contributed by atoms with Gasteiger partial charge in [0.1, 0.15) is 13.2 Å². The third-order valence-corrected chi connectivity index (χ3v) is 4.14. The zero-order chi connectivity index (χ0) is 15.5. The van der Waals surface area contributed by atoms with Gasteiger partial charge in [0, 0.05) is 24.8 Å². The number of ether oxygens (including phenoxy) is 2. The summed E-state index contributed by atoms with van der Waals surface area (Å²) in [6.45, 7) is 8.07. The molecule has 0 bridgehead atoms. The Bertz CT molecular complexity index is 537. The maximum atomic E-state index is 12.2.